The van der Waals surface area contributed by atoms with Crippen LogP contribution < -0.4 is 4.90 Å². The van der Waals surface area contributed by atoms with E-state index in [2.05, 4.69) is 4.98 Å². The minimum atomic E-state index is -6.53. The molecule has 0 saturated carbocycles. The van der Waals surface area contributed by atoms with Gasteiger partial charge in [0.2, 0.25) is 5.95 Å². The summed E-state index contributed by atoms with van der Waals surface area (Å²) < 4.78 is 133. The molecule has 0 aliphatic carbocycles. The van der Waals surface area contributed by atoms with Gasteiger partial charge in [-0.25, -0.2) is 9.88 Å². The highest BCUT2D eigenvalue weighted by Crippen LogP contribution is 2.59. The summed E-state index contributed by atoms with van der Waals surface area (Å²) in [6.45, 7) is 0. The molecule has 148 valence electrons. The number of para-hydroxylation sites is 2. The normalized spacial score (nSPS) is 18.3. The van der Waals surface area contributed by atoms with Crippen molar-refractivity contribution < 1.29 is 43.9 Å². The third-order valence-corrected chi connectivity index (χ3v) is 3.94. The standard InChI is InChI=1S/C14H7F10N3/c1-26-7-5-3-2-4-6(7)25-10(26)27-9(11(15,16)14(22,23)24)8(12(17,18)19)13(27,20)21/h2-5H,1H3. The van der Waals surface area contributed by atoms with Gasteiger partial charge >= 0.3 is 24.3 Å². The summed E-state index contributed by atoms with van der Waals surface area (Å²) >= 11 is 0. The molecule has 0 atom stereocenters. The number of hydrogen-bond acceptors (Lipinski definition) is 2. The minimum absolute atomic E-state index is 0.0402. The molecule has 0 N–H and O–H groups in total. The lowest BCUT2D eigenvalue weighted by atomic mass is 9.95. The maximum absolute atomic E-state index is 14.1. The van der Waals surface area contributed by atoms with Crippen molar-refractivity contribution in [1.29, 1.82) is 0 Å². The number of aryl methyl sites for hydroxylation is 1. The highest BCUT2D eigenvalue weighted by Gasteiger charge is 2.76. The Labute approximate surface area is 143 Å². The lowest BCUT2D eigenvalue weighted by molar-refractivity contribution is -0.273. The van der Waals surface area contributed by atoms with Crippen molar-refractivity contribution in [2.24, 2.45) is 7.05 Å². The number of alkyl halides is 10. The summed E-state index contributed by atoms with van der Waals surface area (Å²) in [6, 6.07) is 0.101. The maximum Gasteiger partial charge on any atom is 0.459 e. The molecule has 3 nitrogen and oxygen atoms in total. The first-order chi connectivity index (χ1) is 12.1. The van der Waals surface area contributed by atoms with Crippen molar-refractivity contribution >= 4 is 17.0 Å². The summed E-state index contributed by atoms with van der Waals surface area (Å²) in [4.78, 5) is 2.47. The maximum atomic E-state index is 14.1. The largest absolute Gasteiger partial charge is 0.459 e. The highest BCUT2D eigenvalue weighted by molar-refractivity contribution is 5.80. The number of halogens is 10. The van der Waals surface area contributed by atoms with Gasteiger partial charge in [0, 0.05) is 7.05 Å². The van der Waals surface area contributed by atoms with Gasteiger partial charge in [-0.05, 0) is 12.1 Å². The first kappa shape index (κ1) is 19.3. The second-order valence-electron chi connectivity index (χ2n) is 5.63. The van der Waals surface area contributed by atoms with Crippen molar-refractivity contribution in [3.05, 3.63) is 35.5 Å². The van der Waals surface area contributed by atoms with Crippen molar-refractivity contribution in [3.63, 3.8) is 0 Å². The molecule has 3 rings (SSSR count). The lowest BCUT2D eigenvalue weighted by Crippen LogP contribution is -2.64. The number of benzene rings is 1. The van der Waals surface area contributed by atoms with E-state index in [9.17, 15) is 43.9 Å². The fourth-order valence-electron chi connectivity index (χ4n) is 2.75. The van der Waals surface area contributed by atoms with E-state index in [4.69, 9.17) is 0 Å². The zero-order chi connectivity index (χ0) is 20.6. The van der Waals surface area contributed by atoms with Crippen LogP contribution in [0.15, 0.2) is 35.5 Å². The van der Waals surface area contributed by atoms with Crippen LogP contribution in [0.5, 0.6) is 0 Å². The van der Waals surface area contributed by atoms with Crippen LogP contribution >= 0.6 is 0 Å². The minimum Gasteiger partial charge on any atom is -0.313 e. The second-order valence-corrected chi connectivity index (χ2v) is 5.63. The molecule has 0 saturated heterocycles. The van der Waals surface area contributed by atoms with Crippen molar-refractivity contribution in [2.75, 3.05) is 4.90 Å². The van der Waals surface area contributed by atoms with Gasteiger partial charge in [0.1, 0.15) is 5.70 Å². The van der Waals surface area contributed by atoms with E-state index in [0.717, 1.165) is 7.05 Å². The van der Waals surface area contributed by atoms with E-state index in [0.29, 0.717) is 4.57 Å². The van der Waals surface area contributed by atoms with Crippen LogP contribution in [0.4, 0.5) is 49.9 Å². The first-order valence-electron chi connectivity index (χ1n) is 6.98. The molecule has 1 aromatic heterocycles. The first-order valence-corrected chi connectivity index (χ1v) is 6.98. The van der Waals surface area contributed by atoms with Crippen molar-refractivity contribution in [2.45, 2.75) is 24.3 Å². The van der Waals surface area contributed by atoms with Crippen LogP contribution in [0.25, 0.3) is 11.0 Å². The van der Waals surface area contributed by atoms with Crippen LogP contribution in [0.2, 0.25) is 0 Å². The van der Waals surface area contributed by atoms with E-state index in [1.165, 1.54) is 24.3 Å². The summed E-state index contributed by atoms with van der Waals surface area (Å²) in [7, 11) is 0.996. The van der Waals surface area contributed by atoms with Crippen LogP contribution in [0, 0.1) is 0 Å². The number of allylic oxidation sites excluding steroid dienone is 1. The van der Waals surface area contributed by atoms with Gasteiger partial charge in [-0.3, -0.25) is 0 Å². The smallest absolute Gasteiger partial charge is 0.313 e. The highest BCUT2D eigenvalue weighted by atomic mass is 19.4. The molecule has 1 aliphatic heterocycles. The molecular weight excluding hydrogens is 400 g/mol. The molecule has 0 fully saturated rings. The van der Waals surface area contributed by atoms with Crippen molar-refractivity contribution in [1.82, 2.24) is 9.55 Å². The molecule has 0 spiro atoms. The van der Waals surface area contributed by atoms with E-state index in [1.54, 1.807) is 0 Å². The molecule has 2 heterocycles. The topological polar surface area (TPSA) is 21.1 Å². The molecule has 13 heteroatoms. The Hall–Kier alpha value is -2.47. The molecule has 1 aromatic carbocycles. The second kappa shape index (κ2) is 5.29. The Morgan fingerprint density at radius 3 is 1.96 bits per heavy atom. The molecule has 0 bridgehead atoms. The van der Waals surface area contributed by atoms with E-state index in [-0.39, 0.29) is 11.0 Å². The van der Waals surface area contributed by atoms with Gasteiger partial charge in [0.25, 0.3) is 0 Å². The zero-order valence-corrected chi connectivity index (χ0v) is 12.9. The Bertz CT molecular complexity index is 935. The monoisotopic (exact) mass is 407 g/mol. The number of fused-ring (bicyclic) bond motifs is 1. The summed E-state index contributed by atoms with van der Waals surface area (Å²) in [5.74, 6) is -7.37. The quantitative estimate of drug-likeness (QED) is 0.516. The Kier molecular flexibility index (Phi) is 3.78. The number of imidazole rings is 1. The lowest BCUT2D eigenvalue weighted by Gasteiger charge is -2.47. The molecular formula is C14H7F10N3. The van der Waals surface area contributed by atoms with E-state index < -0.39 is 46.4 Å². The Morgan fingerprint density at radius 2 is 1.48 bits per heavy atom. The third kappa shape index (κ3) is 2.54. The number of anilines is 1. The fraction of sp³-hybridized carbons (Fsp3) is 0.357. The molecule has 0 unspecified atom stereocenters. The Balaban J connectivity index is 2.31. The number of nitrogens with zero attached hydrogens (tertiary/aromatic N) is 3. The summed E-state index contributed by atoms with van der Waals surface area (Å²) in [5, 5.41) is 0. The van der Waals surface area contributed by atoms with Gasteiger partial charge in [0.05, 0.1) is 11.0 Å². The average Bonchev–Trinajstić information content (AvgIpc) is 2.79. The van der Waals surface area contributed by atoms with Crippen LogP contribution in [-0.2, 0) is 7.05 Å². The molecule has 2 aromatic rings. The zero-order valence-electron chi connectivity index (χ0n) is 12.9. The average molecular weight is 407 g/mol. The molecule has 0 amide bonds. The summed E-state index contributed by atoms with van der Waals surface area (Å²) in [6.07, 6.45) is -12.6. The van der Waals surface area contributed by atoms with Gasteiger partial charge in [-0.1, -0.05) is 12.1 Å². The van der Waals surface area contributed by atoms with E-state index in [1.807, 2.05) is 0 Å². The van der Waals surface area contributed by atoms with Gasteiger partial charge in [-0.15, -0.1) is 0 Å². The van der Waals surface area contributed by atoms with Crippen LogP contribution in [0.1, 0.15) is 0 Å². The predicted octanol–water partition coefficient (Wildman–Crippen LogP) is 5.00. The SMILES string of the molecule is Cn1c(N2C(C(F)(F)C(F)(F)F)=C(C(F)(F)F)C2(F)F)nc2ccccc21. The van der Waals surface area contributed by atoms with Gasteiger partial charge < -0.3 is 4.57 Å². The van der Waals surface area contributed by atoms with Gasteiger partial charge in [-0.2, -0.15) is 43.9 Å². The van der Waals surface area contributed by atoms with E-state index >= 15 is 0 Å². The number of aromatic nitrogens is 2. The van der Waals surface area contributed by atoms with Crippen molar-refractivity contribution in [3.8, 4) is 0 Å². The number of rotatable bonds is 2. The number of hydrogen-bond donors (Lipinski definition) is 0. The summed E-state index contributed by atoms with van der Waals surface area (Å²) in [5.41, 5.74) is -6.20. The third-order valence-electron chi connectivity index (χ3n) is 3.94. The van der Waals surface area contributed by atoms with Crippen LogP contribution in [0.3, 0.4) is 0 Å². The molecule has 1 aliphatic rings. The van der Waals surface area contributed by atoms with Crippen LogP contribution in [-0.4, -0.2) is 33.9 Å². The Morgan fingerprint density at radius 1 is 0.926 bits per heavy atom. The fourth-order valence-corrected chi connectivity index (χ4v) is 2.75. The predicted molar refractivity (Wildman–Crippen MR) is 72.2 cm³/mol. The molecule has 27 heavy (non-hydrogen) atoms. The van der Waals surface area contributed by atoms with Gasteiger partial charge in [0.15, 0.2) is 5.57 Å². The molecule has 0 radical (unpaired) electrons.